The molecule has 0 aromatic carbocycles. The average molecular weight is 204 g/mol. The molecule has 0 bridgehead atoms. The summed E-state index contributed by atoms with van der Waals surface area (Å²) in [6.45, 7) is 6.87. The van der Waals surface area contributed by atoms with E-state index in [0.717, 1.165) is 0 Å². The third-order valence-corrected chi connectivity index (χ3v) is 1.26. The Labute approximate surface area is 85.3 Å². The van der Waals surface area contributed by atoms with E-state index in [9.17, 15) is 9.59 Å². The van der Waals surface area contributed by atoms with E-state index in [1.54, 1.807) is 13.8 Å². The average Bonchev–Trinajstić information content (AvgIpc) is 2.01. The van der Waals surface area contributed by atoms with Crippen LogP contribution in [-0.4, -0.2) is 29.6 Å². The highest BCUT2D eigenvalue weighted by Crippen LogP contribution is 1.94. The highest BCUT2D eigenvalue weighted by atomic mass is 16.5. The van der Waals surface area contributed by atoms with Gasteiger partial charge in [-0.25, -0.2) is 0 Å². The van der Waals surface area contributed by atoms with Crippen LogP contribution < -0.4 is 0 Å². The van der Waals surface area contributed by atoms with Crippen molar-refractivity contribution >= 4 is 11.8 Å². The van der Waals surface area contributed by atoms with Gasteiger partial charge in [0, 0.05) is 13.3 Å². The van der Waals surface area contributed by atoms with Gasteiger partial charge in [0.1, 0.15) is 5.78 Å². The van der Waals surface area contributed by atoms with Gasteiger partial charge in [-0.2, -0.15) is 0 Å². The minimum Gasteiger partial charge on any atom is -0.466 e. The third-order valence-electron chi connectivity index (χ3n) is 1.26. The van der Waals surface area contributed by atoms with Gasteiger partial charge in [0.05, 0.1) is 12.7 Å². The predicted octanol–water partition coefficient (Wildman–Crippen LogP) is 1.31. The Morgan fingerprint density at radius 3 is 1.93 bits per heavy atom. The topological polar surface area (TPSA) is 63.6 Å². The summed E-state index contributed by atoms with van der Waals surface area (Å²) in [5.74, 6) is -0.0663. The number of aliphatic hydroxyl groups excluding tert-OH is 1. The third kappa shape index (κ3) is 22.5. The number of esters is 1. The Morgan fingerprint density at radius 2 is 1.86 bits per heavy atom. The zero-order chi connectivity index (χ0) is 11.6. The molecule has 0 saturated heterocycles. The summed E-state index contributed by atoms with van der Waals surface area (Å²) in [7, 11) is 0. The van der Waals surface area contributed by atoms with Crippen molar-refractivity contribution in [1.82, 2.24) is 0 Å². The van der Waals surface area contributed by atoms with Crippen molar-refractivity contribution in [3.63, 3.8) is 0 Å². The number of Topliss-reactive ketones (excluding diaryl/α,β-unsaturated/α-hetero) is 1. The summed E-state index contributed by atoms with van der Waals surface area (Å²) in [4.78, 5) is 20.1. The molecule has 84 valence electrons. The van der Waals surface area contributed by atoms with E-state index in [4.69, 9.17) is 5.11 Å². The van der Waals surface area contributed by atoms with Crippen LogP contribution in [0.25, 0.3) is 0 Å². The van der Waals surface area contributed by atoms with Gasteiger partial charge in [0.15, 0.2) is 0 Å². The highest BCUT2D eigenvalue weighted by Gasteiger charge is 1.96. The van der Waals surface area contributed by atoms with Crippen molar-refractivity contribution < 1.29 is 19.4 Å². The molecule has 0 aromatic rings. The molecule has 14 heavy (non-hydrogen) atoms. The Balaban J connectivity index is 0. The zero-order valence-corrected chi connectivity index (χ0v) is 9.37. The predicted molar refractivity (Wildman–Crippen MR) is 53.9 cm³/mol. The number of carbonyl (C=O) groups is 2. The molecule has 1 unspecified atom stereocenters. The fraction of sp³-hybridized carbons (Fsp3) is 0.800. The quantitative estimate of drug-likeness (QED) is 0.701. The van der Waals surface area contributed by atoms with Gasteiger partial charge in [-0.3, -0.25) is 4.79 Å². The van der Waals surface area contributed by atoms with Crippen LogP contribution in [0.15, 0.2) is 0 Å². The maximum atomic E-state index is 10.2. The number of carbonyl (C=O) groups excluding carboxylic acids is 2. The van der Waals surface area contributed by atoms with Crippen LogP contribution >= 0.6 is 0 Å². The van der Waals surface area contributed by atoms with E-state index < -0.39 is 0 Å². The van der Waals surface area contributed by atoms with Crippen molar-refractivity contribution in [3.8, 4) is 0 Å². The van der Waals surface area contributed by atoms with E-state index in [1.807, 2.05) is 0 Å². The van der Waals surface area contributed by atoms with Crippen LogP contribution in [0, 0.1) is 0 Å². The maximum absolute atomic E-state index is 10.2. The lowest BCUT2D eigenvalue weighted by atomic mass is 10.2. The van der Waals surface area contributed by atoms with E-state index >= 15 is 0 Å². The molecular weight excluding hydrogens is 184 g/mol. The molecule has 0 aromatic heterocycles. The lowest BCUT2D eigenvalue weighted by Crippen LogP contribution is -2.01. The molecule has 4 nitrogen and oxygen atoms in total. The molecule has 0 aliphatic rings. The summed E-state index contributed by atoms with van der Waals surface area (Å²) >= 11 is 0. The molecule has 0 rings (SSSR count). The first-order chi connectivity index (χ1) is 6.40. The van der Waals surface area contributed by atoms with Crippen molar-refractivity contribution in [2.24, 2.45) is 0 Å². The van der Waals surface area contributed by atoms with Crippen LogP contribution in [0.1, 0.15) is 40.5 Å². The van der Waals surface area contributed by atoms with Crippen molar-refractivity contribution in [2.45, 2.75) is 46.6 Å². The highest BCUT2D eigenvalue weighted by molar-refractivity contribution is 5.75. The van der Waals surface area contributed by atoms with Crippen molar-refractivity contribution in [2.75, 3.05) is 6.61 Å². The van der Waals surface area contributed by atoms with Crippen LogP contribution in [0.5, 0.6) is 0 Å². The lowest BCUT2D eigenvalue weighted by Gasteiger charge is -1.98. The van der Waals surface area contributed by atoms with Crippen LogP contribution in [-0.2, 0) is 14.3 Å². The maximum Gasteiger partial charge on any atom is 0.302 e. The molecule has 0 saturated carbocycles. The summed E-state index contributed by atoms with van der Waals surface area (Å²) in [5.41, 5.74) is 0. The van der Waals surface area contributed by atoms with Gasteiger partial charge in [-0.1, -0.05) is 0 Å². The summed E-state index contributed by atoms with van der Waals surface area (Å²) < 4.78 is 4.40. The second-order valence-electron chi connectivity index (χ2n) is 3.01. The Kier molecular flexibility index (Phi) is 11.3. The first kappa shape index (κ1) is 15.6. The summed E-state index contributed by atoms with van der Waals surface area (Å²) in [6.07, 6.45) is 0.756. The van der Waals surface area contributed by atoms with E-state index in [1.165, 1.54) is 13.8 Å². The minimum absolute atomic E-state index is 0.144. The molecule has 0 fully saturated rings. The van der Waals surface area contributed by atoms with Gasteiger partial charge in [-0.15, -0.1) is 0 Å². The number of ether oxygens (including phenoxy) is 1. The van der Waals surface area contributed by atoms with Gasteiger partial charge in [-0.05, 0) is 27.2 Å². The molecule has 0 spiro atoms. The Bertz CT molecular complexity index is 164. The first-order valence-corrected chi connectivity index (χ1v) is 4.71. The van der Waals surface area contributed by atoms with Crippen molar-refractivity contribution in [1.29, 1.82) is 0 Å². The minimum atomic E-state index is -0.334. The fourth-order valence-corrected chi connectivity index (χ4v) is 0.615. The molecule has 1 atom stereocenters. The molecule has 4 heteroatoms. The second kappa shape index (κ2) is 10.2. The van der Waals surface area contributed by atoms with Gasteiger partial charge < -0.3 is 14.6 Å². The zero-order valence-electron chi connectivity index (χ0n) is 9.37. The van der Waals surface area contributed by atoms with Gasteiger partial charge in [0.2, 0.25) is 0 Å². The number of ketones is 1. The molecule has 0 heterocycles. The Morgan fingerprint density at radius 1 is 1.36 bits per heavy atom. The molecular formula is C10H20O4. The standard InChI is InChI=1S/C6H12O2.C4H8O2/c1-5(7)3-4-6(2)8;1-3-6-4(2)5/h5,7H,3-4H2,1-2H3;3H2,1-2H3. The number of aliphatic hydroxyl groups is 1. The summed E-state index contributed by atoms with van der Waals surface area (Å²) in [5, 5.41) is 8.65. The van der Waals surface area contributed by atoms with E-state index in [-0.39, 0.29) is 17.9 Å². The summed E-state index contributed by atoms with van der Waals surface area (Å²) in [6, 6.07) is 0. The van der Waals surface area contributed by atoms with E-state index in [2.05, 4.69) is 4.74 Å². The number of rotatable bonds is 4. The monoisotopic (exact) mass is 204 g/mol. The first-order valence-electron chi connectivity index (χ1n) is 4.71. The van der Waals surface area contributed by atoms with Gasteiger partial charge >= 0.3 is 5.97 Å². The molecule has 0 aliphatic heterocycles. The van der Waals surface area contributed by atoms with E-state index in [0.29, 0.717) is 19.4 Å². The molecule has 0 radical (unpaired) electrons. The number of hydrogen-bond acceptors (Lipinski definition) is 4. The molecule has 0 aliphatic carbocycles. The molecule has 1 N–H and O–H groups in total. The number of hydrogen-bond donors (Lipinski definition) is 1. The molecule has 0 amide bonds. The van der Waals surface area contributed by atoms with Gasteiger partial charge in [0.25, 0.3) is 0 Å². The second-order valence-corrected chi connectivity index (χ2v) is 3.01. The SMILES string of the molecule is CC(=O)CCC(C)O.CCOC(C)=O. The van der Waals surface area contributed by atoms with Crippen molar-refractivity contribution in [3.05, 3.63) is 0 Å². The largest absolute Gasteiger partial charge is 0.466 e. The smallest absolute Gasteiger partial charge is 0.302 e. The fourth-order valence-electron chi connectivity index (χ4n) is 0.615. The normalized spacial score (nSPS) is 10.9. The Hall–Kier alpha value is -0.900. The van der Waals surface area contributed by atoms with Crippen LogP contribution in [0.4, 0.5) is 0 Å². The van der Waals surface area contributed by atoms with Crippen LogP contribution in [0.2, 0.25) is 0 Å². The lowest BCUT2D eigenvalue weighted by molar-refractivity contribution is -0.140. The van der Waals surface area contributed by atoms with Crippen LogP contribution in [0.3, 0.4) is 0 Å².